The fourth-order valence-corrected chi connectivity index (χ4v) is 4.66. The molecule has 0 amide bonds. The second-order valence-corrected chi connectivity index (χ2v) is 8.81. The molecule has 7 nitrogen and oxygen atoms in total. The molecule has 5 rings (SSSR count). The van der Waals surface area contributed by atoms with Gasteiger partial charge in [0.2, 0.25) is 0 Å². The van der Waals surface area contributed by atoms with E-state index in [-0.39, 0.29) is 0 Å². The Balaban J connectivity index is 1.43. The third kappa shape index (κ3) is 3.68. The Labute approximate surface area is 183 Å². The van der Waals surface area contributed by atoms with E-state index in [4.69, 9.17) is 4.98 Å². The third-order valence-corrected chi connectivity index (χ3v) is 6.46. The van der Waals surface area contributed by atoms with Gasteiger partial charge < -0.3 is 14.9 Å². The van der Waals surface area contributed by atoms with Gasteiger partial charge in [0.05, 0.1) is 11.8 Å². The van der Waals surface area contributed by atoms with Crippen LogP contribution in [0.5, 0.6) is 0 Å². The highest BCUT2D eigenvalue weighted by Crippen LogP contribution is 2.32. The summed E-state index contributed by atoms with van der Waals surface area (Å²) in [6.07, 6.45) is 1.85. The van der Waals surface area contributed by atoms with Crippen LogP contribution in [0.25, 0.3) is 33.3 Å². The number of nitrogens with one attached hydrogen (secondary N) is 2. The van der Waals surface area contributed by atoms with E-state index in [1.807, 2.05) is 20.4 Å². The van der Waals surface area contributed by atoms with Crippen molar-refractivity contribution >= 4 is 27.9 Å². The third-order valence-electron chi connectivity index (χ3n) is 6.46. The molecule has 0 spiro atoms. The van der Waals surface area contributed by atoms with Crippen LogP contribution in [0.2, 0.25) is 0 Å². The van der Waals surface area contributed by atoms with Gasteiger partial charge in [0, 0.05) is 63.9 Å². The van der Waals surface area contributed by atoms with Crippen molar-refractivity contribution in [2.24, 2.45) is 7.05 Å². The average Bonchev–Trinajstić information content (AvgIpc) is 3.37. The van der Waals surface area contributed by atoms with Gasteiger partial charge in [0.1, 0.15) is 11.2 Å². The predicted molar refractivity (Wildman–Crippen MR) is 127 cm³/mol. The van der Waals surface area contributed by atoms with Gasteiger partial charge in [-0.3, -0.25) is 9.80 Å². The van der Waals surface area contributed by atoms with E-state index in [9.17, 15) is 0 Å². The molecule has 1 aliphatic heterocycles. The van der Waals surface area contributed by atoms with Crippen molar-refractivity contribution in [2.45, 2.75) is 26.4 Å². The van der Waals surface area contributed by atoms with E-state index in [2.05, 4.69) is 73.8 Å². The Morgan fingerprint density at radius 1 is 1.13 bits per heavy atom. The van der Waals surface area contributed by atoms with E-state index in [1.54, 1.807) is 0 Å². The second kappa shape index (κ2) is 7.98. The molecule has 1 aliphatic rings. The van der Waals surface area contributed by atoms with Crippen LogP contribution in [0.4, 0.5) is 5.82 Å². The molecule has 0 atom stereocenters. The molecule has 4 aromatic rings. The van der Waals surface area contributed by atoms with Crippen molar-refractivity contribution in [3.63, 3.8) is 0 Å². The van der Waals surface area contributed by atoms with Crippen LogP contribution in [0.3, 0.4) is 0 Å². The van der Waals surface area contributed by atoms with Gasteiger partial charge in [-0.05, 0) is 37.1 Å². The first-order valence-corrected chi connectivity index (χ1v) is 11.1. The quantitative estimate of drug-likeness (QED) is 0.519. The van der Waals surface area contributed by atoms with Crippen LogP contribution in [-0.2, 0) is 13.6 Å². The smallest absolute Gasteiger partial charge is 0.156 e. The first kappa shape index (κ1) is 20.0. The number of imidazole rings is 1. The molecular weight excluding hydrogens is 386 g/mol. The highest BCUT2D eigenvalue weighted by Gasteiger charge is 2.19. The Kier molecular flexibility index (Phi) is 5.16. The van der Waals surface area contributed by atoms with Crippen LogP contribution < -0.4 is 5.32 Å². The van der Waals surface area contributed by atoms with Crippen molar-refractivity contribution in [2.75, 3.05) is 38.5 Å². The maximum Gasteiger partial charge on any atom is 0.156 e. The number of H-pyrrole nitrogens is 1. The van der Waals surface area contributed by atoms with E-state index in [1.165, 1.54) is 11.1 Å². The van der Waals surface area contributed by atoms with Gasteiger partial charge in [-0.25, -0.2) is 9.97 Å². The summed E-state index contributed by atoms with van der Waals surface area (Å²) >= 11 is 0. The summed E-state index contributed by atoms with van der Waals surface area (Å²) in [5.74, 6) is 0.797. The topological polar surface area (TPSA) is 65.0 Å². The molecular formula is C24H31N7. The number of piperazine rings is 1. The van der Waals surface area contributed by atoms with Crippen LogP contribution >= 0.6 is 0 Å². The SMILES string of the molecule is CNc1nc2[nH]c(-c3cccc(CN4CCN(C(C)C)CC4)c3)cc2c2c1ncn2C. The van der Waals surface area contributed by atoms with Crippen LogP contribution in [-0.4, -0.2) is 68.6 Å². The average molecular weight is 418 g/mol. The molecule has 0 bridgehead atoms. The zero-order valence-corrected chi connectivity index (χ0v) is 18.8. The molecule has 1 fully saturated rings. The predicted octanol–water partition coefficient (Wildman–Crippen LogP) is 3.68. The minimum atomic E-state index is 0.635. The molecule has 4 heterocycles. The van der Waals surface area contributed by atoms with Gasteiger partial charge in [0.25, 0.3) is 0 Å². The molecule has 162 valence electrons. The molecule has 1 saturated heterocycles. The van der Waals surface area contributed by atoms with E-state index >= 15 is 0 Å². The monoisotopic (exact) mass is 417 g/mol. The lowest BCUT2D eigenvalue weighted by molar-refractivity contribution is 0.104. The zero-order chi connectivity index (χ0) is 21.5. The highest BCUT2D eigenvalue weighted by molar-refractivity contribution is 6.07. The minimum Gasteiger partial charge on any atom is -0.371 e. The number of aryl methyl sites for hydroxylation is 1. The summed E-state index contributed by atoms with van der Waals surface area (Å²) in [4.78, 5) is 17.9. The standard InChI is InChI=1S/C24H31N7/c1-16(2)31-10-8-30(9-11-31)14-17-6-5-7-18(12-17)20-13-19-22-21(26-15-29(22)4)24(25-3)28-23(19)27-20/h5-7,12-13,15-16H,8-11,14H2,1-4H3,(H2,25,27,28). The summed E-state index contributed by atoms with van der Waals surface area (Å²) in [5, 5.41) is 4.27. The number of nitrogens with zero attached hydrogens (tertiary/aromatic N) is 5. The van der Waals surface area contributed by atoms with Gasteiger partial charge >= 0.3 is 0 Å². The molecule has 3 aromatic heterocycles. The number of fused-ring (bicyclic) bond motifs is 3. The fourth-order valence-electron chi connectivity index (χ4n) is 4.66. The Hall–Kier alpha value is -2.90. The molecule has 2 N–H and O–H groups in total. The summed E-state index contributed by atoms with van der Waals surface area (Å²) in [7, 11) is 3.91. The zero-order valence-electron chi connectivity index (χ0n) is 18.8. The number of pyridine rings is 1. The normalized spacial score (nSPS) is 16.0. The van der Waals surface area contributed by atoms with E-state index < -0.39 is 0 Å². The Morgan fingerprint density at radius 3 is 2.68 bits per heavy atom. The summed E-state index contributed by atoms with van der Waals surface area (Å²) in [6, 6.07) is 11.7. The number of hydrogen-bond donors (Lipinski definition) is 2. The minimum absolute atomic E-state index is 0.635. The molecule has 0 saturated carbocycles. The number of benzene rings is 1. The summed E-state index contributed by atoms with van der Waals surface area (Å²) in [5.41, 5.74) is 6.50. The Morgan fingerprint density at radius 2 is 1.94 bits per heavy atom. The molecule has 1 aromatic carbocycles. The molecule has 7 heteroatoms. The molecule has 31 heavy (non-hydrogen) atoms. The summed E-state index contributed by atoms with van der Waals surface area (Å²) in [6.45, 7) is 10.1. The number of rotatable bonds is 5. The maximum atomic E-state index is 4.76. The fraction of sp³-hybridized carbons (Fsp3) is 0.417. The Bertz CT molecular complexity index is 1210. The van der Waals surface area contributed by atoms with Crippen molar-refractivity contribution < 1.29 is 0 Å². The van der Waals surface area contributed by atoms with Crippen LogP contribution in [0, 0.1) is 0 Å². The highest BCUT2D eigenvalue weighted by atomic mass is 15.3. The number of anilines is 1. The number of hydrogen-bond acceptors (Lipinski definition) is 5. The lowest BCUT2D eigenvalue weighted by Crippen LogP contribution is -2.48. The van der Waals surface area contributed by atoms with Crippen molar-refractivity contribution in [3.8, 4) is 11.3 Å². The molecule has 0 aliphatic carbocycles. The van der Waals surface area contributed by atoms with E-state index in [0.717, 1.165) is 66.3 Å². The number of aromatic amines is 1. The molecule has 0 radical (unpaired) electrons. The van der Waals surface area contributed by atoms with Crippen molar-refractivity contribution in [1.29, 1.82) is 0 Å². The lowest BCUT2D eigenvalue weighted by atomic mass is 10.1. The first-order chi connectivity index (χ1) is 15.0. The largest absolute Gasteiger partial charge is 0.371 e. The van der Waals surface area contributed by atoms with Gasteiger partial charge in [-0.2, -0.15) is 0 Å². The van der Waals surface area contributed by atoms with Crippen LogP contribution in [0.1, 0.15) is 19.4 Å². The van der Waals surface area contributed by atoms with E-state index in [0.29, 0.717) is 6.04 Å². The van der Waals surface area contributed by atoms with Crippen LogP contribution in [0.15, 0.2) is 36.7 Å². The van der Waals surface area contributed by atoms with Crippen molar-refractivity contribution in [3.05, 3.63) is 42.2 Å². The first-order valence-electron chi connectivity index (χ1n) is 11.1. The van der Waals surface area contributed by atoms with Crippen molar-refractivity contribution in [1.82, 2.24) is 29.3 Å². The van der Waals surface area contributed by atoms with Gasteiger partial charge in [-0.1, -0.05) is 18.2 Å². The second-order valence-electron chi connectivity index (χ2n) is 8.81. The van der Waals surface area contributed by atoms with Gasteiger partial charge in [-0.15, -0.1) is 0 Å². The molecule has 0 unspecified atom stereocenters. The summed E-state index contributed by atoms with van der Waals surface area (Å²) < 4.78 is 2.06. The number of aromatic nitrogens is 4. The maximum absolute atomic E-state index is 4.76. The lowest BCUT2D eigenvalue weighted by Gasteiger charge is -2.37. The van der Waals surface area contributed by atoms with Gasteiger partial charge in [0.15, 0.2) is 5.82 Å².